The van der Waals surface area contributed by atoms with Crippen LogP contribution in [0.15, 0.2) is 30.0 Å². The zero-order valence-electron chi connectivity index (χ0n) is 9.20. The average molecular weight is 203 g/mol. The molecule has 0 amide bonds. The van der Waals surface area contributed by atoms with Crippen LogP contribution in [0.4, 0.5) is 0 Å². The molecule has 0 spiro atoms. The van der Waals surface area contributed by atoms with Crippen LogP contribution in [0, 0.1) is 12.3 Å². The molecule has 2 heteroatoms. The number of hydrogen-bond acceptors (Lipinski definition) is 2. The van der Waals surface area contributed by atoms with E-state index in [4.69, 9.17) is 12.2 Å². The van der Waals surface area contributed by atoms with E-state index in [0.29, 0.717) is 0 Å². The molecule has 0 fully saturated rings. The van der Waals surface area contributed by atoms with Gasteiger partial charge in [0.2, 0.25) is 0 Å². The highest BCUT2D eigenvalue weighted by Gasteiger charge is 1.96. The average Bonchev–Trinajstić information content (AvgIpc) is 2.32. The van der Waals surface area contributed by atoms with Crippen LogP contribution in [0.5, 0.6) is 0 Å². The van der Waals surface area contributed by atoms with Crippen LogP contribution < -0.4 is 5.73 Å². The first-order valence-electron chi connectivity index (χ1n) is 4.93. The standard InChI is InChI=1S/C11H11NO.C2H6/c1-2-9-5-3-4-6-10(9)7-11(13)8-12;1-2/h1,3-7,13H,8,12H2;1-2H3/b11-7+;. The van der Waals surface area contributed by atoms with Gasteiger partial charge in [0, 0.05) is 5.56 Å². The molecule has 1 aromatic rings. The van der Waals surface area contributed by atoms with Gasteiger partial charge in [0.15, 0.2) is 0 Å². The summed E-state index contributed by atoms with van der Waals surface area (Å²) < 4.78 is 0. The lowest BCUT2D eigenvalue weighted by Crippen LogP contribution is -2.01. The number of hydrogen-bond donors (Lipinski definition) is 2. The third-order valence-corrected chi connectivity index (χ3v) is 1.65. The van der Waals surface area contributed by atoms with E-state index in [1.165, 1.54) is 0 Å². The van der Waals surface area contributed by atoms with Crippen molar-refractivity contribution in [3.8, 4) is 12.3 Å². The molecular weight excluding hydrogens is 186 g/mol. The molecule has 0 unspecified atom stereocenters. The van der Waals surface area contributed by atoms with Crippen molar-refractivity contribution in [3.05, 3.63) is 41.2 Å². The Balaban J connectivity index is 0.000000921. The van der Waals surface area contributed by atoms with Crippen molar-refractivity contribution in [2.45, 2.75) is 13.8 Å². The fraction of sp³-hybridized carbons (Fsp3) is 0.231. The van der Waals surface area contributed by atoms with E-state index in [1.54, 1.807) is 6.08 Å². The van der Waals surface area contributed by atoms with Gasteiger partial charge in [-0.05, 0) is 17.7 Å². The number of aliphatic hydroxyl groups excluding tert-OH is 1. The van der Waals surface area contributed by atoms with Crippen LogP contribution >= 0.6 is 0 Å². The minimum absolute atomic E-state index is 0.124. The molecule has 2 nitrogen and oxygen atoms in total. The van der Waals surface area contributed by atoms with Gasteiger partial charge in [0.05, 0.1) is 6.54 Å². The summed E-state index contributed by atoms with van der Waals surface area (Å²) in [6, 6.07) is 7.36. The van der Waals surface area contributed by atoms with E-state index < -0.39 is 0 Å². The lowest BCUT2D eigenvalue weighted by atomic mass is 10.1. The maximum Gasteiger partial charge on any atom is 0.106 e. The van der Waals surface area contributed by atoms with Crippen molar-refractivity contribution >= 4 is 6.08 Å². The zero-order valence-corrected chi connectivity index (χ0v) is 9.20. The maximum absolute atomic E-state index is 9.20. The molecule has 0 aromatic heterocycles. The van der Waals surface area contributed by atoms with Gasteiger partial charge in [-0.1, -0.05) is 38.0 Å². The summed E-state index contributed by atoms with van der Waals surface area (Å²) in [5, 5.41) is 9.20. The fourth-order valence-corrected chi connectivity index (χ4v) is 0.993. The Bertz CT molecular complexity index is 361. The maximum atomic E-state index is 9.20. The van der Waals surface area contributed by atoms with Crippen LogP contribution in [0.25, 0.3) is 6.08 Å². The Labute approximate surface area is 91.4 Å². The third kappa shape index (κ3) is 4.35. The van der Waals surface area contributed by atoms with E-state index in [1.807, 2.05) is 38.1 Å². The monoisotopic (exact) mass is 203 g/mol. The van der Waals surface area contributed by atoms with Gasteiger partial charge in [-0.2, -0.15) is 0 Å². The van der Waals surface area contributed by atoms with Crippen molar-refractivity contribution in [1.82, 2.24) is 0 Å². The molecule has 0 saturated heterocycles. The molecular formula is C13H17NO. The Morgan fingerprint density at radius 2 is 2.07 bits per heavy atom. The van der Waals surface area contributed by atoms with E-state index >= 15 is 0 Å². The van der Waals surface area contributed by atoms with Gasteiger partial charge >= 0.3 is 0 Å². The molecule has 0 bridgehead atoms. The molecule has 1 aromatic carbocycles. The molecule has 0 aliphatic rings. The molecule has 3 N–H and O–H groups in total. The van der Waals surface area contributed by atoms with Crippen molar-refractivity contribution in [2.75, 3.05) is 6.54 Å². The predicted octanol–water partition coefficient (Wildman–Crippen LogP) is 2.55. The number of terminal acetylenes is 1. The molecule has 0 atom stereocenters. The van der Waals surface area contributed by atoms with Crippen LogP contribution in [0.1, 0.15) is 25.0 Å². The number of nitrogens with two attached hydrogens (primary N) is 1. The minimum atomic E-state index is 0.124. The third-order valence-electron chi connectivity index (χ3n) is 1.65. The van der Waals surface area contributed by atoms with Gasteiger partial charge in [0.25, 0.3) is 0 Å². The first-order chi connectivity index (χ1) is 7.27. The fourth-order valence-electron chi connectivity index (χ4n) is 0.993. The van der Waals surface area contributed by atoms with Crippen molar-refractivity contribution < 1.29 is 5.11 Å². The molecule has 0 radical (unpaired) electrons. The van der Waals surface area contributed by atoms with Gasteiger partial charge < -0.3 is 10.8 Å². The highest BCUT2D eigenvalue weighted by molar-refractivity contribution is 5.59. The quantitative estimate of drug-likeness (QED) is 0.573. The topological polar surface area (TPSA) is 46.2 Å². The smallest absolute Gasteiger partial charge is 0.106 e. The molecule has 0 aliphatic heterocycles. The largest absolute Gasteiger partial charge is 0.511 e. The van der Waals surface area contributed by atoms with Gasteiger partial charge in [-0.3, -0.25) is 0 Å². The molecule has 0 saturated carbocycles. The van der Waals surface area contributed by atoms with E-state index in [2.05, 4.69) is 5.92 Å². The summed E-state index contributed by atoms with van der Waals surface area (Å²) in [5.74, 6) is 2.66. The minimum Gasteiger partial charge on any atom is -0.511 e. The second kappa shape index (κ2) is 7.66. The Morgan fingerprint density at radius 3 is 2.60 bits per heavy atom. The molecule has 0 aliphatic carbocycles. The number of benzene rings is 1. The summed E-state index contributed by atoms with van der Waals surface area (Å²) in [6.45, 7) is 4.12. The molecule has 1 rings (SSSR count). The highest BCUT2D eigenvalue weighted by Crippen LogP contribution is 2.10. The molecule has 0 heterocycles. The molecule has 15 heavy (non-hydrogen) atoms. The van der Waals surface area contributed by atoms with Crippen LogP contribution in [0.2, 0.25) is 0 Å². The summed E-state index contributed by atoms with van der Waals surface area (Å²) in [4.78, 5) is 0. The Morgan fingerprint density at radius 1 is 1.47 bits per heavy atom. The van der Waals surface area contributed by atoms with Crippen molar-refractivity contribution in [3.63, 3.8) is 0 Å². The SMILES string of the molecule is C#Cc1ccccc1/C=C(/O)CN.CC. The Hall–Kier alpha value is -1.72. The summed E-state index contributed by atoms with van der Waals surface area (Å²) >= 11 is 0. The number of aliphatic hydroxyl groups is 1. The number of rotatable bonds is 2. The predicted molar refractivity (Wildman–Crippen MR) is 65.4 cm³/mol. The first-order valence-corrected chi connectivity index (χ1v) is 4.93. The van der Waals surface area contributed by atoms with Crippen LogP contribution in [-0.2, 0) is 0 Å². The van der Waals surface area contributed by atoms with E-state index in [0.717, 1.165) is 11.1 Å². The second-order valence-corrected chi connectivity index (χ2v) is 2.57. The van der Waals surface area contributed by atoms with Crippen molar-refractivity contribution in [2.24, 2.45) is 5.73 Å². The van der Waals surface area contributed by atoms with Gasteiger partial charge in [-0.15, -0.1) is 6.42 Å². The summed E-state index contributed by atoms with van der Waals surface area (Å²) in [5.41, 5.74) is 6.81. The second-order valence-electron chi connectivity index (χ2n) is 2.57. The summed E-state index contributed by atoms with van der Waals surface area (Å²) in [7, 11) is 0. The van der Waals surface area contributed by atoms with E-state index in [-0.39, 0.29) is 12.3 Å². The van der Waals surface area contributed by atoms with Gasteiger partial charge in [-0.25, -0.2) is 0 Å². The zero-order chi connectivity index (χ0) is 11.7. The Kier molecular flexibility index (Phi) is 6.78. The van der Waals surface area contributed by atoms with Crippen molar-refractivity contribution in [1.29, 1.82) is 0 Å². The summed E-state index contributed by atoms with van der Waals surface area (Å²) in [6.07, 6.45) is 6.85. The first kappa shape index (κ1) is 13.3. The highest BCUT2D eigenvalue weighted by atomic mass is 16.3. The lowest BCUT2D eigenvalue weighted by molar-refractivity contribution is 0.409. The van der Waals surface area contributed by atoms with E-state index in [9.17, 15) is 5.11 Å². The van der Waals surface area contributed by atoms with Crippen LogP contribution in [-0.4, -0.2) is 11.7 Å². The van der Waals surface area contributed by atoms with Gasteiger partial charge in [0.1, 0.15) is 5.76 Å². The normalized spacial score (nSPS) is 9.87. The van der Waals surface area contributed by atoms with Crippen LogP contribution in [0.3, 0.4) is 0 Å². The molecule has 80 valence electrons. The lowest BCUT2D eigenvalue weighted by Gasteiger charge is -1.99.